The van der Waals surface area contributed by atoms with E-state index in [-0.39, 0.29) is 11.5 Å². The van der Waals surface area contributed by atoms with Crippen LogP contribution in [-0.4, -0.2) is 23.1 Å². The molecule has 0 unspecified atom stereocenters. The lowest BCUT2D eigenvalue weighted by Gasteiger charge is -2.09. The molecule has 0 spiro atoms. The van der Waals surface area contributed by atoms with Crippen molar-refractivity contribution in [2.45, 2.75) is 4.90 Å². The largest absolute Gasteiger partial charge is 0.399 e. The molecule has 0 saturated heterocycles. The first-order chi connectivity index (χ1) is 9.31. The number of hydrogen-bond acceptors (Lipinski definition) is 6. The van der Waals surface area contributed by atoms with E-state index in [0.717, 1.165) is 12.1 Å². The van der Waals surface area contributed by atoms with Gasteiger partial charge in [-0.2, -0.15) is 5.10 Å². The fourth-order valence-corrected chi connectivity index (χ4v) is 2.86. The molecule has 20 heavy (non-hydrogen) atoms. The van der Waals surface area contributed by atoms with Gasteiger partial charge in [0.15, 0.2) is 4.90 Å². The van der Waals surface area contributed by atoms with E-state index in [9.17, 15) is 18.5 Å². The van der Waals surface area contributed by atoms with Gasteiger partial charge >= 0.3 is 0 Å². The van der Waals surface area contributed by atoms with Crippen LogP contribution in [0.1, 0.15) is 0 Å². The molecule has 106 valence electrons. The SMILES string of the molecule is Cn1nccc1NS(=O)(=O)c1cc(N)ccc1[N+](=O)[O-]. The minimum atomic E-state index is -4.14. The van der Waals surface area contributed by atoms with E-state index in [1.165, 1.54) is 30.1 Å². The number of aryl methyl sites for hydroxylation is 1. The van der Waals surface area contributed by atoms with Gasteiger partial charge < -0.3 is 5.73 Å². The average Bonchev–Trinajstić information content (AvgIpc) is 2.74. The van der Waals surface area contributed by atoms with Crippen molar-refractivity contribution in [3.8, 4) is 0 Å². The van der Waals surface area contributed by atoms with Crippen molar-refractivity contribution in [3.05, 3.63) is 40.6 Å². The molecule has 0 aliphatic rings. The molecule has 9 nitrogen and oxygen atoms in total. The monoisotopic (exact) mass is 297 g/mol. The highest BCUT2D eigenvalue weighted by molar-refractivity contribution is 7.92. The molecule has 0 aliphatic heterocycles. The van der Waals surface area contributed by atoms with Gasteiger partial charge in [0.05, 0.1) is 11.1 Å². The van der Waals surface area contributed by atoms with Crippen LogP contribution < -0.4 is 10.5 Å². The smallest absolute Gasteiger partial charge is 0.290 e. The predicted molar refractivity (Wildman–Crippen MR) is 71.5 cm³/mol. The van der Waals surface area contributed by atoms with E-state index >= 15 is 0 Å². The Morgan fingerprint density at radius 1 is 1.40 bits per heavy atom. The zero-order valence-electron chi connectivity index (χ0n) is 10.3. The Hall–Kier alpha value is -2.62. The summed E-state index contributed by atoms with van der Waals surface area (Å²) >= 11 is 0. The molecule has 0 saturated carbocycles. The van der Waals surface area contributed by atoms with E-state index < -0.39 is 25.5 Å². The summed E-state index contributed by atoms with van der Waals surface area (Å²) in [7, 11) is -2.60. The number of nitrogens with two attached hydrogens (primary N) is 1. The van der Waals surface area contributed by atoms with Gasteiger partial charge in [-0.3, -0.25) is 19.5 Å². The van der Waals surface area contributed by atoms with E-state index in [2.05, 4.69) is 9.82 Å². The molecular formula is C10H11N5O4S. The van der Waals surface area contributed by atoms with E-state index in [4.69, 9.17) is 5.73 Å². The third-order valence-corrected chi connectivity index (χ3v) is 3.91. The van der Waals surface area contributed by atoms with Gasteiger partial charge in [0, 0.05) is 24.9 Å². The second kappa shape index (κ2) is 4.81. The second-order valence-electron chi connectivity index (χ2n) is 3.93. The number of nitrogens with zero attached hydrogens (tertiary/aromatic N) is 3. The number of nitro benzene ring substituents is 1. The van der Waals surface area contributed by atoms with Crippen molar-refractivity contribution in [3.63, 3.8) is 0 Å². The van der Waals surface area contributed by atoms with Gasteiger partial charge in [0.2, 0.25) is 0 Å². The van der Waals surface area contributed by atoms with Crippen LogP contribution in [0, 0.1) is 10.1 Å². The summed E-state index contributed by atoms with van der Waals surface area (Å²) in [5, 5.41) is 14.7. The Morgan fingerprint density at radius 3 is 2.65 bits per heavy atom. The molecule has 1 aromatic carbocycles. The standard InChI is InChI=1S/C10H11N5O4S/c1-14-10(4-5-12-14)13-20(18,19)9-6-7(11)2-3-8(9)15(16)17/h2-6,13H,11H2,1H3. The normalized spacial score (nSPS) is 11.2. The quantitative estimate of drug-likeness (QED) is 0.485. The van der Waals surface area contributed by atoms with E-state index in [0.29, 0.717) is 0 Å². The summed E-state index contributed by atoms with van der Waals surface area (Å²) in [5.41, 5.74) is 5.06. The molecule has 0 atom stereocenters. The third kappa shape index (κ3) is 2.54. The second-order valence-corrected chi connectivity index (χ2v) is 5.58. The molecule has 0 fully saturated rings. The fraction of sp³-hybridized carbons (Fsp3) is 0.100. The minimum absolute atomic E-state index is 0.112. The molecule has 10 heteroatoms. The Bertz CT molecular complexity index is 768. The maximum atomic E-state index is 12.2. The molecular weight excluding hydrogens is 286 g/mol. The summed E-state index contributed by atoms with van der Waals surface area (Å²) in [6.07, 6.45) is 1.39. The van der Waals surface area contributed by atoms with Crippen LogP contribution in [0.4, 0.5) is 17.2 Å². The molecule has 0 aliphatic carbocycles. The lowest BCUT2D eigenvalue weighted by atomic mass is 10.3. The number of anilines is 2. The van der Waals surface area contributed by atoms with Gasteiger partial charge in [-0.15, -0.1) is 0 Å². The number of aromatic nitrogens is 2. The van der Waals surface area contributed by atoms with Crippen LogP contribution in [0.2, 0.25) is 0 Å². The van der Waals surface area contributed by atoms with Crippen molar-refractivity contribution in [1.29, 1.82) is 0 Å². The van der Waals surface area contributed by atoms with Gasteiger partial charge in [-0.05, 0) is 12.1 Å². The van der Waals surface area contributed by atoms with Crippen LogP contribution >= 0.6 is 0 Å². The number of sulfonamides is 1. The number of rotatable bonds is 4. The molecule has 2 aromatic rings. The van der Waals surface area contributed by atoms with Gasteiger partial charge in [0.1, 0.15) is 5.82 Å². The minimum Gasteiger partial charge on any atom is -0.399 e. The first-order valence-electron chi connectivity index (χ1n) is 5.36. The first-order valence-corrected chi connectivity index (χ1v) is 6.84. The average molecular weight is 297 g/mol. The van der Waals surface area contributed by atoms with Crippen LogP contribution in [0.3, 0.4) is 0 Å². The summed E-state index contributed by atoms with van der Waals surface area (Å²) in [6.45, 7) is 0. The lowest BCUT2D eigenvalue weighted by Crippen LogP contribution is -2.17. The van der Waals surface area contributed by atoms with Crippen LogP contribution in [0.25, 0.3) is 0 Å². The number of hydrogen-bond donors (Lipinski definition) is 2. The maximum Gasteiger partial charge on any atom is 0.290 e. The van der Waals surface area contributed by atoms with Crippen LogP contribution in [0.15, 0.2) is 35.4 Å². The summed E-state index contributed by atoms with van der Waals surface area (Å²) < 4.78 is 27.9. The van der Waals surface area contributed by atoms with Crippen LogP contribution in [-0.2, 0) is 17.1 Å². The highest BCUT2D eigenvalue weighted by atomic mass is 32.2. The van der Waals surface area contributed by atoms with Crippen molar-refractivity contribution in [1.82, 2.24) is 9.78 Å². The van der Waals surface area contributed by atoms with Crippen molar-refractivity contribution in [2.75, 3.05) is 10.5 Å². The van der Waals surface area contributed by atoms with Crippen molar-refractivity contribution >= 4 is 27.2 Å². The molecule has 1 aromatic heterocycles. The topological polar surface area (TPSA) is 133 Å². The lowest BCUT2D eigenvalue weighted by molar-refractivity contribution is -0.387. The zero-order valence-corrected chi connectivity index (χ0v) is 11.2. The van der Waals surface area contributed by atoms with Gasteiger partial charge in [-0.1, -0.05) is 0 Å². The van der Waals surface area contributed by atoms with E-state index in [1.807, 2.05) is 0 Å². The number of nitrogen functional groups attached to an aromatic ring is 1. The Labute approximate surface area is 114 Å². The highest BCUT2D eigenvalue weighted by Gasteiger charge is 2.26. The molecule has 3 N–H and O–H groups in total. The van der Waals surface area contributed by atoms with E-state index in [1.54, 1.807) is 0 Å². The highest BCUT2D eigenvalue weighted by Crippen LogP contribution is 2.27. The number of nitrogens with one attached hydrogen (secondary N) is 1. The van der Waals surface area contributed by atoms with Crippen molar-refractivity contribution < 1.29 is 13.3 Å². The fourth-order valence-electron chi connectivity index (χ4n) is 1.56. The zero-order chi connectivity index (χ0) is 14.9. The molecule has 0 bridgehead atoms. The predicted octanol–water partition coefficient (Wildman–Crippen LogP) is 0.711. The van der Waals surface area contributed by atoms with Gasteiger partial charge in [-0.25, -0.2) is 8.42 Å². The third-order valence-electron chi connectivity index (χ3n) is 2.53. The van der Waals surface area contributed by atoms with Crippen molar-refractivity contribution in [2.24, 2.45) is 7.05 Å². The summed E-state index contributed by atoms with van der Waals surface area (Å²) in [5.74, 6) is 0.182. The summed E-state index contributed by atoms with van der Waals surface area (Å²) in [4.78, 5) is 9.63. The Morgan fingerprint density at radius 2 is 2.10 bits per heavy atom. The molecule has 0 radical (unpaired) electrons. The maximum absolute atomic E-state index is 12.2. The Kier molecular flexibility index (Phi) is 3.32. The summed E-state index contributed by atoms with van der Waals surface area (Å²) in [6, 6.07) is 4.78. The number of benzene rings is 1. The number of nitro groups is 1. The van der Waals surface area contributed by atoms with Crippen LogP contribution in [0.5, 0.6) is 0 Å². The van der Waals surface area contributed by atoms with Gasteiger partial charge in [0.25, 0.3) is 15.7 Å². The molecule has 0 amide bonds. The Balaban J connectivity index is 2.52. The first kappa shape index (κ1) is 13.8. The molecule has 2 rings (SSSR count). The molecule has 1 heterocycles.